The summed E-state index contributed by atoms with van der Waals surface area (Å²) in [6, 6.07) is 3.08. The summed E-state index contributed by atoms with van der Waals surface area (Å²) in [5, 5.41) is 8.54. The van der Waals surface area contributed by atoms with Gasteiger partial charge in [0.2, 0.25) is 0 Å². The van der Waals surface area contributed by atoms with Crippen LogP contribution >= 0.6 is 12.4 Å². The van der Waals surface area contributed by atoms with E-state index < -0.39 is 18.6 Å². The fourth-order valence-electron chi connectivity index (χ4n) is 1.44. The van der Waals surface area contributed by atoms with Crippen molar-refractivity contribution in [2.45, 2.75) is 18.9 Å². The number of aryl methyl sites for hydroxylation is 1. The van der Waals surface area contributed by atoms with Gasteiger partial charge in [0.25, 0.3) is 5.92 Å². The Bertz CT molecular complexity index is 374. The van der Waals surface area contributed by atoms with Gasteiger partial charge in [0.05, 0.1) is 13.2 Å². The second kappa shape index (κ2) is 6.14. The van der Waals surface area contributed by atoms with E-state index in [1.807, 2.05) is 0 Å². The summed E-state index contributed by atoms with van der Waals surface area (Å²) in [6.45, 7) is 0.478. The van der Waals surface area contributed by atoms with Crippen LogP contribution in [0.1, 0.15) is 17.2 Å². The maximum atomic E-state index is 13.1. The Kier molecular flexibility index (Phi) is 5.81. The first-order valence-electron chi connectivity index (χ1n) is 4.81. The number of benzene rings is 1. The number of hydrogen-bond donors (Lipinski definition) is 2. The smallest absolute Gasteiger partial charge is 0.289 e. The van der Waals surface area contributed by atoms with Gasteiger partial charge in [0.1, 0.15) is 12.4 Å². The van der Waals surface area contributed by atoms with E-state index in [0.717, 1.165) is 5.56 Å². The lowest BCUT2D eigenvalue weighted by Crippen LogP contribution is -2.36. The summed E-state index contributed by atoms with van der Waals surface area (Å²) in [5.41, 5.74) is 6.39. The Morgan fingerprint density at radius 3 is 2.47 bits per heavy atom. The molecule has 0 heterocycles. The maximum Gasteiger partial charge on any atom is 0.289 e. The van der Waals surface area contributed by atoms with Crippen LogP contribution in [0, 0.1) is 6.92 Å². The molecule has 1 atom stereocenters. The first-order chi connectivity index (χ1) is 7.42. The number of rotatable bonds is 4. The fourth-order valence-corrected chi connectivity index (χ4v) is 1.44. The van der Waals surface area contributed by atoms with E-state index in [-0.39, 0.29) is 18.0 Å². The number of ether oxygens (including phenoxy) is 1. The minimum atomic E-state index is -3.32. The molecule has 1 aromatic rings. The number of alkyl halides is 2. The van der Waals surface area contributed by atoms with E-state index in [0.29, 0.717) is 5.75 Å². The summed E-state index contributed by atoms with van der Waals surface area (Å²) in [7, 11) is 1.50. The predicted molar refractivity (Wildman–Crippen MR) is 63.9 cm³/mol. The molecule has 0 fully saturated rings. The maximum absolute atomic E-state index is 13.1. The molecule has 0 aromatic heterocycles. The van der Waals surface area contributed by atoms with Crippen molar-refractivity contribution in [1.82, 2.24) is 0 Å². The van der Waals surface area contributed by atoms with Crippen molar-refractivity contribution in [2.75, 3.05) is 13.7 Å². The first-order valence-corrected chi connectivity index (χ1v) is 4.81. The van der Waals surface area contributed by atoms with Crippen molar-refractivity contribution < 1.29 is 18.6 Å². The van der Waals surface area contributed by atoms with E-state index in [1.165, 1.54) is 19.2 Å². The Balaban J connectivity index is 0.00000256. The topological polar surface area (TPSA) is 55.5 Å². The number of nitrogens with two attached hydrogens (primary N) is 1. The highest BCUT2D eigenvalue weighted by atomic mass is 35.5. The molecule has 0 spiro atoms. The monoisotopic (exact) mass is 267 g/mol. The molecule has 3 nitrogen and oxygen atoms in total. The second-order valence-corrected chi connectivity index (χ2v) is 3.63. The quantitative estimate of drug-likeness (QED) is 0.878. The summed E-state index contributed by atoms with van der Waals surface area (Å²) in [6.07, 6.45) is 0. The zero-order valence-electron chi connectivity index (χ0n) is 9.61. The summed E-state index contributed by atoms with van der Waals surface area (Å²) < 4.78 is 31.3. The first kappa shape index (κ1) is 16.1. The molecule has 0 bridgehead atoms. The molecule has 0 aliphatic carbocycles. The Morgan fingerprint density at radius 1 is 1.47 bits per heavy atom. The lowest BCUT2D eigenvalue weighted by molar-refractivity contribution is -0.0711. The van der Waals surface area contributed by atoms with Crippen LogP contribution in [-0.4, -0.2) is 24.7 Å². The number of hydrogen-bond acceptors (Lipinski definition) is 3. The minimum Gasteiger partial charge on any atom is -0.496 e. The highest BCUT2D eigenvalue weighted by molar-refractivity contribution is 5.85. The molecular weight excluding hydrogens is 252 g/mol. The van der Waals surface area contributed by atoms with E-state index >= 15 is 0 Å². The molecule has 3 N–H and O–H groups in total. The molecule has 0 saturated carbocycles. The third-order valence-electron chi connectivity index (χ3n) is 2.44. The van der Waals surface area contributed by atoms with Gasteiger partial charge in [-0.1, -0.05) is 12.1 Å². The van der Waals surface area contributed by atoms with E-state index in [4.69, 9.17) is 15.6 Å². The predicted octanol–water partition coefficient (Wildman–Crippen LogP) is 2.05. The molecular formula is C11H16ClF2NO2. The standard InChI is InChI=1S/C11H15F2NO2.ClH/c1-7-5-8(3-4-9(7)16-2)10(14)11(12,13)6-15;/h3-5,10,15H,6,14H2,1-2H3;1H/t10-;/m1./s1. The third kappa shape index (κ3) is 3.52. The number of aliphatic hydroxyl groups is 1. The average Bonchev–Trinajstić information content (AvgIpc) is 2.27. The van der Waals surface area contributed by atoms with Gasteiger partial charge in [-0.3, -0.25) is 0 Å². The van der Waals surface area contributed by atoms with Crippen LogP contribution in [0.2, 0.25) is 0 Å². The van der Waals surface area contributed by atoms with Gasteiger partial charge in [0, 0.05) is 0 Å². The summed E-state index contributed by atoms with van der Waals surface area (Å²) in [4.78, 5) is 0. The molecule has 1 aromatic carbocycles. The second-order valence-electron chi connectivity index (χ2n) is 3.63. The SMILES string of the molecule is COc1ccc([C@@H](N)C(F)(F)CO)cc1C.Cl. The Labute approximate surface area is 105 Å². The Morgan fingerprint density at radius 2 is 2.06 bits per heavy atom. The van der Waals surface area contributed by atoms with Gasteiger partial charge in [-0.05, 0) is 24.1 Å². The van der Waals surface area contributed by atoms with Crippen LogP contribution in [0.3, 0.4) is 0 Å². The molecule has 0 saturated heterocycles. The largest absolute Gasteiger partial charge is 0.496 e. The van der Waals surface area contributed by atoms with Gasteiger partial charge in [-0.25, -0.2) is 8.78 Å². The van der Waals surface area contributed by atoms with E-state index in [2.05, 4.69) is 0 Å². The van der Waals surface area contributed by atoms with Crippen molar-refractivity contribution in [2.24, 2.45) is 5.73 Å². The van der Waals surface area contributed by atoms with Gasteiger partial charge in [0.15, 0.2) is 0 Å². The van der Waals surface area contributed by atoms with Crippen molar-refractivity contribution >= 4 is 12.4 Å². The van der Waals surface area contributed by atoms with Crippen molar-refractivity contribution in [3.63, 3.8) is 0 Å². The molecule has 0 unspecified atom stereocenters. The number of halogens is 3. The van der Waals surface area contributed by atoms with Crippen molar-refractivity contribution in [1.29, 1.82) is 0 Å². The van der Waals surface area contributed by atoms with Crippen LogP contribution < -0.4 is 10.5 Å². The van der Waals surface area contributed by atoms with Gasteiger partial charge in [-0.15, -0.1) is 12.4 Å². The van der Waals surface area contributed by atoms with Gasteiger partial charge >= 0.3 is 0 Å². The summed E-state index contributed by atoms with van der Waals surface area (Å²) >= 11 is 0. The normalized spacial score (nSPS) is 12.8. The molecule has 0 aliphatic heterocycles. The molecule has 6 heteroatoms. The average molecular weight is 268 g/mol. The highest BCUT2D eigenvalue weighted by Crippen LogP contribution is 2.31. The number of aliphatic hydroxyl groups excluding tert-OH is 1. The van der Waals surface area contributed by atoms with E-state index in [1.54, 1.807) is 13.0 Å². The third-order valence-corrected chi connectivity index (χ3v) is 2.44. The van der Waals surface area contributed by atoms with Crippen LogP contribution in [0.4, 0.5) is 8.78 Å². The zero-order valence-corrected chi connectivity index (χ0v) is 10.4. The van der Waals surface area contributed by atoms with Crippen molar-refractivity contribution in [3.8, 4) is 5.75 Å². The van der Waals surface area contributed by atoms with Crippen molar-refractivity contribution in [3.05, 3.63) is 29.3 Å². The van der Waals surface area contributed by atoms with Crippen LogP contribution in [0.25, 0.3) is 0 Å². The van der Waals surface area contributed by atoms with Crippen LogP contribution in [0.15, 0.2) is 18.2 Å². The molecule has 98 valence electrons. The molecule has 1 rings (SSSR count). The fraction of sp³-hybridized carbons (Fsp3) is 0.455. The van der Waals surface area contributed by atoms with Crippen LogP contribution in [-0.2, 0) is 0 Å². The molecule has 17 heavy (non-hydrogen) atoms. The zero-order chi connectivity index (χ0) is 12.3. The highest BCUT2D eigenvalue weighted by Gasteiger charge is 2.37. The van der Waals surface area contributed by atoms with Gasteiger partial charge in [-0.2, -0.15) is 0 Å². The minimum absolute atomic E-state index is 0. The molecule has 0 aliphatic rings. The van der Waals surface area contributed by atoms with E-state index in [9.17, 15) is 8.78 Å². The molecule has 0 radical (unpaired) electrons. The number of methoxy groups -OCH3 is 1. The Hall–Kier alpha value is -0.910. The lowest BCUT2D eigenvalue weighted by Gasteiger charge is -2.22. The van der Waals surface area contributed by atoms with Gasteiger partial charge < -0.3 is 15.6 Å². The molecule has 0 amide bonds. The lowest BCUT2D eigenvalue weighted by atomic mass is 10.00. The van der Waals surface area contributed by atoms with Crippen LogP contribution in [0.5, 0.6) is 5.75 Å². The summed E-state index contributed by atoms with van der Waals surface area (Å²) in [5.74, 6) is -2.70.